The molecule has 0 atom stereocenters. The van der Waals surface area contributed by atoms with Gasteiger partial charge in [0.15, 0.2) is 0 Å². The Hall–Kier alpha value is -3.48. The minimum Gasteiger partial charge on any atom is -0.351 e. The van der Waals surface area contributed by atoms with Gasteiger partial charge in [-0.2, -0.15) is 0 Å². The smallest absolute Gasteiger partial charge is 0.294 e. The van der Waals surface area contributed by atoms with Gasteiger partial charge < -0.3 is 15.2 Å². The Labute approximate surface area is 149 Å². The average molecular weight is 353 g/mol. The van der Waals surface area contributed by atoms with E-state index in [1.807, 2.05) is 0 Å². The average Bonchev–Trinajstić information content (AvgIpc) is 3.08. The Morgan fingerprint density at radius 1 is 1.04 bits per heavy atom. The standard InChI is InChI=1S/C19H16FN3O3/c1-12-11-21-26-17(12)19(25)23-16-7-3-5-14(9-16)18(24)22-15-6-2-4-13(8-15)10-20/h2-9,11H,10H2,1H3,(H,22,24)(H,23,25). The Balaban J connectivity index is 1.73. The van der Waals surface area contributed by atoms with Gasteiger partial charge in [-0.3, -0.25) is 9.59 Å². The van der Waals surface area contributed by atoms with Crippen molar-refractivity contribution in [3.63, 3.8) is 0 Å². The van der Waals surface area contributed by atoms with Crippen molar-refractivity contribution in [1.82, 2.24) is 5.16 Å². The van der Waals surface area contributed by atoms with Crippen LogP contribution in [0.5, 0.6) is 0 Å². The van der Waals surface area contributed by atoms with Crippen LogP contribution in [0.1, 0.15) is 32.0 Å². The maximum Gasteiger partial charge on any atom is 0.294 e. The number of carbonyl (C=O) groups is 2. The van der Waals surface area contributed by atoms with Gasteiger partial charge in [0.25, 0.3) is 11.8 Å². The largest absolute Gasteiger partial charge is 0.351 e. The van der Waals surface area contributed by atoms with Gasteiger partial charge in [-0.15, -0.1) is 0 Å². The van der Waals surface area contributed by atoms with E-state index < -0.39 is 12.6 Å². The molecule has 0 fully saturated rings. The maximum absolute atomic E-state index is 12.7. The van der Waals surface area contributed by atoms with Crippen LogP contribution in [-0.4, -0.2) is 17.0 Å². The Morgan fingerprint density at radius 3 is 2.42 bits per heavy atom. The fourth-order valence-corrected chi connectivity index (χ4v) is 2.37. The monoisotopic (exact) mass is 353 g/mol. The van der Waals surface area contributed by atoms with Gasteiger partial charge in [-0.05, 0) is 42.8 Å². The SMILES string of the molecule is Cc1cnoc1C(=O)Nc1cccc(C(=O)Nc2cccc(CF)c2)c1. The van der Waals surface area contributed by atoms with E-state index in [2.05, 4.69) is 15.8 Å². The summed E-state index contributed by atoms with van der Waals surface area (Å²) in [6.07, 6.45) is 1.45. The number of alkyl halides is 1. The van der Waals surface area contributed by atoms with Gasteiger partial charge in [0, 0.05) is 22.5 Å². The van der Waals surface area contributed by atoms with Crippen LogP contribution in [0.3, 0.4) is 0 Å². The molecule has 0 aliphatic heterocycles. The van der Waals surface area contributed by atoms with E-state index in [-0.39, 0.29) is 11.7 Å². The van der Waals surface area contributed by atoms with Crippen LogP contribution in [-0.2, 0) is 6.67 Å². The molecule has 0 saturated carbocycles. The number of aromatic nitrogens is 1. The van der Waals surface area contributed by atoms with Gasteiger partial charge in [0.1, 0.15) is 6.67 Å². The van der Waals surface area contributed by atoms with E-state index in [0.717, 1.165) is 0 Å². The molecular formula is C19H16FN3O3. The van der Waals surface area contributed by atoms with Crippen molar-refractivity contribution in [2.75, 3.05) is 10.6 Å². The lowest BCUT2D eigenvalue weighted by Crippen LogP contribution is -2.15. The van der Waals surface area contributed by atoms with Crippen LogP contribution in [0.15, 0.2) is 59.3 Å². The van der Waals surface area contributed by atoms with Crippen molar-refractivity contribution in [2.24, 2.45) is 0 Å². The highest BCUT2D eigenvalue weighted by Crippen LogP contribution is 2.17. The number of aryl methyl sites for hydroxylation is 1. The summed E-state index contributed by atoms with van der Waals surface area (Å²) in [7, 11) is 0. The lowest BCUT2D eigenvalue weighted by molar-refractivity contribution is 0.0984. The fraction of sp³-hybridized carbons (Fsp3) is 0.105. The zero-order chi connectivity index (χ0) is 18.5. The molecule has 0 bridgehead atoms. The number of amides is 2. The molecule has 0 radical (unpaired) electrons. The van der Waals surface area contributed by atoms with Crippen molar-refractivity contribution < 1.29 is 18.5 Å². The molecule has 26 heavy (non-hydrogen) atoms. The lowest BCUT2D eigenvalue weighted by atomic mass is 10.1. The van der Waals surface area contributed by atoms with Gasteiger partial charge in [0.2, 0.25) is 5.76 Å². The van der Waals surface area contributed by atoms with Crippen LogP contribution in [0.25, 0.3) is 0 Å². The number of carbonyl (C=O) groups excluding carboxylic acids is 2. The van der Waals surface area contributed by atoms with E-state index in [1.165, 1.54) is 12.3 Å². The third-order valence-electron chi connectivity index (χ3n) is 3.68. The molecule has 132 valence electrons. The van der Waals surface area contributed by atoms with Crippen LogP contribution in [0, 0.1) is 6.92 Å². The first-order valence-electron chi connectivity index (χ1n) is 7.86. The zero-order valence-corrected chi connectivity index (χ0v) is 14.0. The number of rotatable bonds is 5. The molecule has 1 heterocycles. The van der Waals surface area contributed by atoms with Gasteiger partial charge >= 0.3 is 0 Å². The lowest BCUT2D eigenvalue weighted by Gasteiger charge is -2.08. The predicted octanol–water partition coefficient (Wildman–Crippen LogP) is 3.96. The highest BCUT2D eigenvalue weighted by atomic mass is 19.1. The number of halogens is 1. The van der Waals surface area contributed by atoms with Crippen molar-refractivity contribution in [3.05, 3.63) is 77.2 Å². The minimum absolute atomic E-state index is 0.114. The molecule has 0 spiro atoms. The molecule has 3 aromatic rings. The first-order chi connectivity index (χ1) is 12.6. The third kappa shape index (κ3) is 3.94. The Kier molecular flexibility index (Phi) is 5.07. The maximum atomic E-state index is 12.7. The summed E-state index contributed by atoms with van der Waals surface area (Å²) < 4.78 is 17.6. The van der Waals surface area contributed by atoms with E-state index in [4.69, 9.17) is 4.52 Å². The summed E-state index contributed by atoms with van der Waals surface area (Å²) >= 11 is 0. The second-order valence-corrected chi connectivity index (χ2v) is 5.66. The second kappa shape index (κ2) is 7.60. The summed E-state index contributed by atoms with van der Waals surface area (Å²) in [5.41, 5.74) is 2.38. The summed E-state index contributed by atoms with van der Waals surface area (Å²) in [6, 6.07) is 13.0. The molecule has 0 saturated heterocycles. The minimum atomic E-state index is -0.605. The fourth-order valence-electron chi connectivity index (χ4n) is 2.37. The van der Waals surface area contributed by atoms with E-state index in [9.17, 15) is 14.0 Å². The number of hydrogen-bond donors (Lipinski definition) is 2. The Bertz CT molecular complexity index is 952. The van der Waals surface area contributed by atoms with Gasteiger partial charge in [-0.25, -0.2) is 4.39 Å². The molecule has 2 aromatic carbocycles. The first kappa shape index (κ1) is 17.3. The number of anilines is 2. The predicted molar refractivity (Wildman–Crippen MR) is 94.8 cm³/mol. The Morgan fingerprint density at radius 2 is 1.73 bits per heavy atom. The van der Waals surface area contributed by atoms with Crippen molar-refractivity contribution in [1.29, 1.82) is 0 Å². The number of hydrogen-bond acceptors (Lipinski definition) is 4. The zero-order valence-electron chi connectivity index (χ0n) is 14.0. The number of benzene rings is 2. The molecule has 0 unspecified atom stereocenters. The molecule has 6 nitrogen and oxygen atoms in total. The summed E-state index contributed by atoms with van der Waals surface area (Å²) in [5.74, 6) is -0.705. The van der Waals surface area contributed by atoms with Crippen molar-refractivity contribution in [3.8, 4) is 0 Å². The quantitative estimate of drug-likeness (QED) is 0.727. The summed E-state index contributed by atoms with van der Waals surface area (Å²) in [5, 5.41) is 8.93. The van der Waals surface area contributed by atoms with E-state index in [1.54, 1.807) is 49.4 Å². The molecule has 1 aromatic heterocycles. The van der Waals surface area contributed by atoms with Crippen molar-refractivity contribution >= 4 is 23.2 Å². The molecule has 0 aliphatic carbocycles. The highest BCUT2D eigenvalue weighted by Gasteiger charge is 2.15. The molecule has 2 N–H and O–H groups in total. The second-order valence-electron chi connectivity index (χ2n) is 5.66. The topological polar surface area (TPSA) is 84.2 Å². The van der Waals surface area contributed by atoms with Gasteiger partial charge in [0.05, 0.1) is 6.20 Å². The highest BCUT2D eigenvalue weighted by molar-refractivity contribution is 6.07. The van der Waals surface area contributed by atoms with Crippen LogP contribution >= 0.6 is 0 Å². The molecule has 0 aliphatic rings. The molecule has 7 heteroatoms. The van der Waals surface area contributed by atoms with Crippen LogP contribution in [0.2, 0.25) is 0 Å². The number of nitrogens with one attached hydrogen (secondary N) is 2. The van der Waals surface area contributed by atoms with Crippen LogP contribution < -0.4 is 10.6 Å². The normalized spacial score (nSPS) is 10.4. The first-order valence-corrected chi connectivity index (χ1v) is 7.86. The van der Waals surface area contributed by atoms with Crippen molar-refractivity contribution in [2.45, 2.75) is 13.6 Å². The third-order valence-corrected chi connectivity index (χ3v) is 3.68. The van der Waals surface area contributed by atoms with E-state index >= 15 is 0 Å². The summed E-state index contributed by atoms with van der Waals surface area (Å²) in [6.45, 7) is 1.10. The molecular weight excluding hydrogens is 337 g/mol. The van der Waals surface area contributed by atoms with Crippen LogP contribution in [0.4, 0.5) is 15.8 Å². The summed E-state index contributed by atoms with van der Waals surface area (Å²) in [4.78, 5) is 24.5. The number of nitrogens with zero attached hydrogens (tertiary/aromatic N) is 1. The molecule has 3 rings (SSSR count). The van der Waals surface area contributed by atoms with Gasteiger partial charge in [-0.1, -0.05) is 23.4 Å². The molecule has 2 amide bonds. The van der Waals surface area contributed by atoms with E-state index in [0.29, 0.717) is 28.1 Å².